The van der Waals surface area contributed by atoms with E-state index in [0.29, 0.717) is 6.42 Å². The average Bonchev–Trinajstić information content (AvgIpc) is 1.61. The monoisotopic (exact) mass is 218 g/mol. The Balaban J connectivity index is 3.08. The van der Waals surface area contributed by atoms with Gasteiger partial charge in [0.15, 0.2) is 0 Å². The van der Waals surface area contributed by atoms with Crippen LogP contribution in [0.15, 0.2) is 12.2 Å². The van der Waals surface area contributed by atoms with E-state index in [2.05, 4.69) is 0 Å². The molecule has 0 radical (unpaired) electrons. The number of hydrogen-bond donors (Lipinski definition) is 0. The highest BCUT2D eigenvalue weighted by molar-refractivity contribution is 14.1. The van der Waals surface area contributed by atoms with Crippen LogP contribution in [0.1, 0.15) is 6.42 Å². The van der Waals surface area contributed by atoms with Crippen molar-refractivity contribution in [2.24, 2.45) is 0 Å². The molecule has 0 nitrogen and oxygen atoms in total. The second-order valence-electron chi connectivity index (χ2n) is 0.971. The van der Waals surface area contributed by atoms with Crippen LogP contribution in [-0.4, -0.2) is 4.43 Å². The molecule has 0 saturated carbocycles. The van der Waals surface area contributed by atoms with Gasteiger partial charge in [0.05, 0.1) is 0 Å². The first kappa shape index (κ1) is 7.33. The van der Waals surface area contributed by atoms with E-state index in [1.165, 1.54) is 0 Å². The average molecular weight is 218 g/mol. The lowest BCUT2D eigenvalue weighted by atomic mass is 10.5. The number of halogens is 3. The van der Waals surface area contributed by atoms with E-state index in [0.717, 1.165) is 10.5 Å². The van der Waals surface area contributed by atoms with E-state index in [9.17, 15) is 8.78 Å². The molecule has 0 aromatic carbocycles. The second kappa shape index (κ2) is 4.49. The minimum absolute atomic E-state index is 0.475. The summed E-state index contributed by atoms with van der Waals surface area (Å²) >= 11 is 2.04. The van der Waals surface area contributed by atoms with Crippen molar-refractivity contribution in [2.45, 2.75) is 6.42 Å². The summed E-state index contributed by atoms with van der Waals surface area (Å²) in [6.45, 7) is 0. The summed E-state index contributed by atoms with van der Waals surface area (Å²) < 4.78 is 22.9. The molecular weight excluding hydrogens is 213 g/mol. The summed E-state index contributed by atoms with van der Waals surface area (Å²) in [7, 11) is 0. The molecule has 0 saturated heterocycles. The Bertz CT molecular complexity index is 66.1. The van der Waals surface area contributed by atoms with Crippen LogP contribution in [0.2, 0.25) is 0 Å². The molecule has 0 fully saturated rings. The van der Waals surface area contributed by atoms with E-state index < -0.39 is 6.08 Å². The predicted octanol–water partition coefficient (Wildman–Crippen LogP) is 2.59. The van der Waals surface area contributed by atoms with Gasteiger partial charge in [-0.2, -0.15) is 8.78 Å². The van der Waals surface area contributed by atoms with Crippen molar-refractivity contribution in [1.29, 1.82) is 0 Å². The lowest BCUT2D eigenvalue weighted by Crippen LogP contribution is -1.64. The van der Waals surface area contributed by atoms with Crippen molar-refractivity contribution in [1.82, 2.24) is 0 Å². The van der Waals surface area contributed by atoms with Gasteiger partial charge in [0.2, 0.25) is 0 Å². The Morgan fingerprint density at radius 1 is 1.57 bits per heavy atom. The minimum atomic E-state index is -1.57. The quantitative estimate of drug-likeness (QED) is 0.493. The molecule has 0 unspecified atom stereocenters. The third kappa shape index (κ3) is 6.33. The molecule has 0 aliphatic rings. The van der Waals surface area contributed by atoms with Gasteiger partial charge in [-0.1, -0.05) is 22.6 Å². The first-order valence-corrected chi connectivity index (χ1v) is 3.37. The van der Waals surface area contributed by atoms with E-state index >= 15 is 0 Å². The van der Waals surface area contributed by atoms with Gasteiger partial charge in [0.1, 0.15) is 0 Å². The summed E-state index contributed by atoms with van der Waals surface area (Å²) in [6, 6.07) is 0. The number of alkyl halides is 1. The van der Waals surface area contributed by atoms with Crippen molar-refractivity contribution in [3.05, 3.63) is 12.2 Å². The van der Waals surface area contributed by atoms with Crippen LogP contribution < -0.4 is 0 Å². The first-order chi connectivity index (χ1) is 3.27. The molecule has 0 aliphatic carbocycles. The largest absolute Gasteiger partial charge is 0.266 e. The summed E-state index contributed by atoms with van der Waals surface area (Å²) in [4.78, 5) is 0. The Morgan fingerprint density at radius 2 is 2.14 bits per heavy atom. The van der Waals surface area contributed by atoms with E-state index in [1.807, 2.05) is 22.6 Å². The molecule has 0 N–H and O–H groups in total. The Kier molecular flexibility index (Phi) is 4.70. The first-order valence-electron chi connectivity index (χ1n) is 1.84. The Hall–Kier alpha value is 0.330. The maximum atomic E-state index is 11.1. The predicted molar refractivity (Wildman–Crippen MR) is 33.8 cm³/mol. The van der Waals surface area contributed by atoms with Gasteiger partial charge in [-0.3, -0.25) is 0 Å². The highest BCUT2D eigenvalue weighted by Crippen LogP contribution is 1.99. The topological polar surface area (TPSA) is 0 Å². The lowest BCUT2D eigenvalue weighted by Gasteiger charge is -1.77. The van der Waals surface area contributed by atoms with Crippen LogP contribution >= 0.6 is 22.6 Å². The fraction of sp³-hybridized carbons (Fsp3) is 0.500. The third-order valence-electron chi connectivity index (χ3n) is 0.408. The van der Waals surface area contributed by atoms with E-state index in [4.69, 9.17) is 0 Å². The fourth-order valence-corrected chi connectivity index (χ4v) is 0.475. The molecule has 0 atom stereocenters. The highest BCUT2D eigenvalue weighted by Gasteiger charge is 1.82. The number of rotatable bonds is 2. The van der Waals surface area contributed by atoms with Crippen molar-refractivity contribution in [3.63, 3.8) is 0 Å². The molecule has 0 aromatic rings. The highest BCUT2D eigenvalue weighted by atomic mass is 127. The van der Waals surface area contributed by atoms with E-state index in [-0.39, 0.29) is 0 Å². The van der Waals surface area contributed by atoms with Gasteiger partial charge < -0.3 is 0 Å². The van der Waals surface area contributed by atoms with Crippen LogP contribution in [0.4, 0.5) is 8.78 Å². The summed E-state index contributed by atoms with van der Waals surface area (Å²) in [5.41, 5.74) is 0. The summed E-state index contributed by atoms with van der Waals surface area (Å²) in [5.74, 6) is 0. The van der Waals surface area contributed by atoms with Gasteiger partial charge in [-0.15, -0.1) is 0 Å². The van der Waals surface area contributed by atoms with Gasteiger partial charge >= 0.3 is 0 Å². The van der Waals surface area contributed by atoms with Gasteiger partial charge in [0, 0.05) is 4.43 Å². The fourth-order valence-electron chi connectivity index (χ4n) is 0.164. The van der Waals surface area contributed by atoms with Crippen LogP contribution in [-0.2, 0) is 0 Å². The molecule has 0 bridgehead atoms. The van der Waals surface area contributed by atoms with Crippen molar-refractivity contribution < 1.29 is 8.78 Å². The SMILES string of the molecule is FC(F)=CCCI. The van der Waals surface area contributed by atoms with Crippen LogP contribution in [0.5, 0.6) is 0 Å². The second-order valence-corrected chi connectivity index (χ2v) is 2.05. The molecule has 0 rings (SSSR count). The van der Waals surface area contributed by atoms with Gasteiger partial charge in [-0.05, 0) is 12.5 Å². The minimum Gasteiger partial charge on any atom is -0.174 e. The van der Waals surface area contributed by atoms with Crippen LogP contribution in [0, 0.1) is 0 Å². The smallest absolute Gasteiger partial charge is 0.174 e. The zero-order valence-electron chi connectivity index (χ0n) is 3.63. The maximum Gasteiger partial charge on any atom is 0.266 e. The third-order valence-corrected chi connectivity index (χ3v) is 1.03. The standard InChI is InChI=1S/C4H5F2I/c5-4(6)2-1-3-7/h2H,1,3H2. The normalized spacial score (nSPS) is 8.43. The van der Waals surface area contributed by atoms with Crippen molar-refractivity contribution in [2.75, 3.05) is 4.43 Å². The summed E-state index contributed by atoms with van der Waals surface area (Å²) in [5, 5.41) is 0. The zero-order chi connectivity index (χ0) is 5.70. The van der Waals surface area contributed by atoms with Crippen LogP contribution in [0.25, 0.3) is 0 Å². The maximum absolute atomic E-state index is 11.1. The number of hydrogen-bond acceptors (Lipinski definition) is 0. The molecule has 0 spiro atoms. The molecule has 0 amide bonds. The molecule has 0 aliphatic heterocycles. The molecule has 3 heteroatoms. The van der Waals surface area contributed by atoms with Crippen molar-refractivity contribution in [3.8, 4) is 0 Å². The molecule has 0 heterocycles. The van der Waals surface area contributed by atoms with E-state index in [1.54, 1.807) is 0 Å². The Morgan fingerprint density at radius 3 is 2.29 bits per heavy atom. The molecule has 42 valence electrons. The molecular formula is C4H5F2I. The summed E-state index contributed by atoms with van der Waals surface area (Å²) in [6.07, 6.45) is -0.174. The van der Waals surface area contributed by atoms with Gasteiger partial charge in [-0.25, -0.2) is 0 Å². The lowest BCUT2D eigenvalue weighted by molar-refractivity contribution is 0.418. The Labute approximate surface area is 54.7 Å². The molecule has 0 aromatic heterocycles. The number of allylic oxidation sites excluding steroid dienone is 1. The van der Waals surface area contributed by atoms with Gasteiger partial charge in [0.25, 0.3) is 6.08 Å². The molecule has 7 heavy (non-hydrogen) atoms. The van der Waals surface area contributed by atoms with Crippen LogP contribution in [0.3, 0.4) is 0 Å². The zero-order valence-corrected chi connectivity index (χ0v) is 5.78. The van der Waals surface area contributed by atoms with Crippen molar-refractivity contribution >= 4 is 22.6 Å².